The number of hydrogen-bond donors (Lipinski definition) is 1. The van der Waals surface area contributed by atoms with Crippen molar-refractivity contribution in [1.82, 2.24) is 4.90 Å². The van der Waals surface area contributed by atoms with Gasteiger partial charge in [-0.1, -0.05) is 12.1 Å². The van der Waals surface area contributed by atoms with Gasteiger partial charge in [0.25, 0.3) is 5.91 Å². The van der Waals surface area contributed by atoms with Crippen molar-refractivity contribution in [3.63, 3.8) is 0 Å². The summed E-state index contributed by atoms with van der Waals surface area (Å²) in [4.78, 5) is 14.0. The highest BCUT2D eigenvalue weighted by Gasteiger charge is 2.24. The highest BCUT2D eigenvalue weighted by molar-refractivity contribution is 7.07. The van der Waals surface area contributed by atoms with E-state index in [9.17, 15) is 9.90 Å². The van der Waals surface area contributed by atoms with Crippen molar-refractivity contribution in [2.45, 2.75) is 18.8 Å². The maximum Gasteiger partial charge on any atom is 0.260 e. The number of nitrogens with zero attached hydrogens (tertiary/aromatic N) is 1. The number of aromatic hydroxyl groups is 1. The summed E-state index contributed by atoms with van der Waals surface area (Å²) in [5, 5.41) is 13.9. The Morgan fingerprint density at radius 1 is 1.27 bits per heavy atom. The van der Waals surface area contributed by atoms with E-state index in [0.717, 1.165) is 25.9 Å². The van der Waals surface area contributed by atoms with Gasteiger partial charge in [-0.3, -0.25) is 4.79 Å². The van der Waals surface area contributed by atoms with E-state index in [1.54, 1.807) is 35.6 Å². The van der Waals surface area contributed by atoms with Crippen LogP contribution in [-0.2, 0) is 4.79 Å². The van der Waals surface area contributed by atoms with Crippen molar-refractivity contribution >= 4 is 17.2 Å². The Morgan fingerprint density at radius 3 is 2.73 bits per heavy atom. The lowest BCUT2D eigenvalue weighted by Gasteiger charge is -2.31. The van der Waals surface area contributed by atoms with E-state index in [1.807, 2.05) is 4.90 Å². The Morgan fingerprint density at radius 2 is 2.05 bits per heavy atom. The summed E-state index contributed by atoms with van der Waals surface area (Å²) in [6.07, 6.45) is 2.00. The second-order valence-corrected chi connectivity index (χ2v) is 6.25. The summed E-state index contributed by atoms with van der Waals surface area (Å²) in [5.74, 6) is 0.955. The Kier molecular flexibility index (Phi) is 4.63. The highest BCUT2D eigenvalue weighted by Crippen LogP contribution is 2.29. The molecule has 1 aromatic heterocycles. The van der Waals surface area contributed by atoms with Crippen LogP contribution >= 0.6 is 11.3 Å². The average molecular weight is 317 g/mol. The normalized spacial score (nSPS) is 15.7. The number of phenols is 1. The summed E-state index contributed by atoms with van der Waals surface area (Å²) in [5.41, 5.74) is 1.39. The van der Waals surface area contributed by atoms with Gasteiger partial charge in [0, 0.05) is 13.1 Å². The second kappa shape index (κ2) is 6.83. The first-order chi connectivity index (χ1) is 10.7. The van der Waals surface area contributed by atoms with Crippen LogP contribution in [0.3, 0.4) is 0 Å². The van der Waals surface area contributed by atoms with Crippen LogP contribution in [0.2, 0.25) is 0 Å². The van der Waals surface area contributed by atoms with E-state index in [2.05, 4.69) is 16.8 Å². The summed E-state index contributed by atoms with van der Waals surface area (Å²) < 4.78 is 5.41. The molecule has 3 rings (SSSR count). The van der Waals surface area contributed by atoms with Crippen molar-refractivity contribution in [2.75, 3.05) is 19.7 Å². The van der Waals surface area contributed by atoms with Crippen LogP contribution in [0.15, 0.2) is 41.1 Å². The van der Waals surface area contributed by atoms with Gasteiger partial charge in [-0.05, 0) is 53.3 Å². The third-order valence-corrected chi connectivity index (χ3v) is 4.78. The Labute approximate surface area is 134 Å². The van der Waals surface area contributed by atoms with Crippen LogP contribution in [0, 0.1) is 0 Å². The maximum absolute atomic E-state index is 12.2. The molecule has 2 heterocycles. The largest absolute Gasteiger partial charge is 0.504 e. The van der Waals surface area contributed by atoms with Gasteiger partial charge in [-0.25, -0.2) is 0 Å². The topological polar surface area (TPSA) is 49.8 Å². The average Bonchev–Trinajstić information content (AvgIpc) is 3.08. The van der Waals surface area contributed by atoms with Crippen molar-refractivity contribution in [2.24, 2.45) is 0 Å². The van der Waals surface area contributed by atoms with Crippen LogP contribution in [0.1, 0.15) is 24.3 Å². The minimum Gasteiger partial charge on any atom is -0.504 e. The number of carbonyl (C=O) groups excluding carboxylic acids is 1. The van der Waals surface area contributed by atoms with Crippen LogP contribution in [0.4, 0.5) is 0 Å². The number of piperidine rings is 1. The predicted octanol–water partition coefficient (Wildman–Crippen LogP) is 3.24. The van der Waals surface area contributed by atoms with Crippen LogP contribution < -0.4 is 4.74 Å². The molecular formula is C17H19NO3S. The molecule has 0 spiro atoms. The van der Waals surface area contributed by atoms with Crippen molar-refractivity contribution in [1.29, 1.82) is 0 Å². The van der Waals surface area contributed by atoms with Gasteiger partial charge >= 0.3 is 0 Å². The molecule has 1 amide bonds. The molecule has 1 aromatic carbocycles. The monoisotopic (exact) mass is 317 g/mol. The first-order valence-electron chi connectivity index (χ1n) is 7.44. The van der Waals surface area contributed by atoms with E-state index in [4.69, 9.17) is 4.74 Å². The van der Waals surface area contributed by atoms with Crippen molar-refractivity contribution in [3.05, 3.63) is 46.7 Å². The Hall–Kier alpha value is -2.01. The molecule has 2 aromatic rings. The molecule has 0 saturated carbocycles. The van der Waals surface area contributed by atoms with Crippen LogP contribution in [-0.4, -0.2) is 35.6 Å². The summed E-state index contributed by atoms with van der Waals surface area (Å²) in [6, 6.07) is 8.87. The Bertz CT molecular complexity index is 619. The van der Waals surface area contributed by atoms with Crippen LogP contribution in [0.25, 0.3) is 0 Å². The van der Waals surface area contributed by atoms with Gasteiger partial charge in [0.05, 0.1) is 0 Å². The minimum absolute atomic E-state index is 0.0213. The minimum atomic E-state index is -0.0271. The summed E-state index contributed by atoms with van der Waals surface area (Å²) in [7, 11) is 0. The summed E-state index contributed by atoms with van der Waals surface area (Å²) in [6.45, 7) is 1.51. The summed E-state index contributed by atoms with van der Waals surface area (Å²) >= 11 is 1.72. The maximum atomic E-state index is 12.2. The van der Waals surface area contributed by atoms with Gasteiger partial charge in [-0.15, -0.1) is 0 Å². The molecule has 0 aliphatic carbocycles. The lowest BCUT2D eigenvalue weighted by molar-refractivity contribution is -0.134. The molecule has 0 unspecified atom stereocenters. The molecule has 1 fully saturated rings. The molecule has 116 valence electrons. The second-order valence-electron chi connectivity index (χ2n) is 5.47. The fraction of sp³-hybridized carbons (Fsp3) is 0.353. The lowest BCUT2D eigenvalue weighted by Crippen LogP contribution is -2.40. The van der Waals surface area contributed by atoms with Crippen LogP contribution in [0.5, 0.6) is 11.5 Å². The number of thiophene rings is 1. The van der Waals surface area contributed by atoms with Crippen molar-refractivity contribution in [3.8, 4) is 11.5 Å². The van der Waals surface area contributed by atoms with Crippen molar-refractivity contribution < 1.29 is 14.6 Å². The first kappa shape index (κ1) is 14.9. The zero-order valence-electron chi connectivity index (χ0n) is 12.3. The fourth-order valence-corrected chi connectivity index (χ4v) is 3.52. The standard InChI is InChI=1S/C17H19NO3S/c19-15-3-1-2-4-16(15)21-11-17(20)18-8-5-13(6-9-18)14-7-10-22-12-14/h1-4,7,10,12-13,19H,5-6,8-9,11H2. The molecule has 1 saturated heterocycles. The number of amides is 1. The number of likely N-dealkylation sites (tertiary alicyclic amines) is 1. The van der Waals surface area contributed by atoms with E-state index in [0.29, 0.717) is 11.7 Å². The zero-order valence-corrected chi connectivity index (χ0v) is 13.1. The fourth-order valence-electron chi connectivity index (χ4n) is 2.78. The van der Waals surface area contributed by atoms with Gasteiger partial charge in [0.1, 0.15) is 0 Å². The molecule has 22 heavy (non-hydrogen) atoms. The quantitative estimate of drug-likeness (QED) is 0.942. The van der Waals surface area contributed by atoms with Gasteiger partial charge in [-0.2, -0.15) is 11.3 Å². The molecule has 4 nitrogen and oxygen atoms in total. The molecule has 5 heteroatoms. The van der Waals surface area contributed by atoms with Gasteiger partial charge in [0.15, 0.2) is 18.1 Å². The number of carbonyl (C=O) groups is 1. The first-order valence-corrected chi connectivity index (χ1v) is 8.39. The third-order valence-electron chi connectivity index (χ3n) is 4.08. The highest BCUT2D eigenvalue weighted by atomic mass is 32.1. The third kappa shape index (κ3) is 3.42. The number of para-hydroxylation sites is 2. The molecule has 1 aliphatic heterocycles. The van der Waals surface area contributed by atoms with E-state index in [-0.39, 0.29) is 18.3 Å². The number of rotatable bonds is 4. The van der Waals surface area contributed by atoms with E-state index in [1.165, 1.54) is 5.56 Å². The molecular weight excluding hydrogens is 298 g/mol. The molecule has 0 bridgehead atoms. The van der Waals surface area contributed by atoms with E-state index < -0.39 is 0 Å². The van der Waals surface area contributed by atoms with E-state index >= 15 is 0 Å². The number of ether oxygens (including phenoxy) is 1. The molecule has 1 N–H and O–H groups in total. The number of phenolic OH excluding ortho intramolecular Hbond substituents is 1. The SMILES string of the molecule is O=C(COc1ccccc1O)N1CCC(c2ccsc2)CC1. The number of benzene rings is 1. The molecule has 0 atom stereocenters. The van der Waals surface area contributed by atoms with Gasteiger partial charge < -0.3 is 14.7 Å². The molecule has 0 radical (unpaired) electrons. The molecule has 1 aliphatic rings. The smallest absolute Gasteiger partial charge is 0.260 e. The number of hydrogen-bond acceptors (Lipinski definition) is 4. The predicted molar refractivity (Wildman–Crippen MR) is 86.5 cm³/mol. The lowest BCUT2D eigenvalue weighted by atomic mass is 9.91. The Balaban J connectivity index is 1.49. The zero-order chi connectivity index (χ0) is 15.4. The van der Waals surface area contributed by atoms with Gasteiger partial charge in [0.2, 0.25) is 0 Å².